The van der Waals surface area contributed by atoms with E-state index in [2.05, 4.69) is 15.4 Å². The van der Waals surface area contributed by atoms with Crippen LogP contribution >= 0.6 is 11.6 Å². The van der Waals surface area contributed by atoms with Gasteiger partial charge in [0, 0.05) is 44.2 Å². The van der Waals surface area contributed by atoms with E-state index in [-0.39, 0.29) is 18.4 Å². The Labute approximate surface area is 183 Å². The van der Waals surface area contributed by atoms with Gasteiger partial charge in [-0.1, -0.05) is 16.8 Å². The number of piperidine rings is 1. The average Bonchev–Trinajstić information content (AvgIpc) is 3.27. The number of carbonyl (C=O) groups is 4. The molecule has 164 valence electrons. The molecule has 0 spiro atoms. The fraction of sp³-hybridized carbons (Fsp3) is 0.450. The molecule has 0 unspecified atom stereocenters. The van der Waals surface area contributed by atoms with Crippen molar-refractivity contribution in [2.75, 3.05) is 38.1 Å². The second-order valence-electron chi connectivity index (χ2n) is 7.66. The second kappa shape index (κ2) is 8.54. The second-order valence-corrected chi connectivity index (χ2v) is 8.09. The van der Waals surface area contributed by atoms with Crippen LogP contribution in [0.15, 0.2) is 22.7 Å². The SMILES string of the molecule is CN1C(=O)C(=O)N(CCCNC(=O)C2CCN(c3noc4ccc(Cl)cc34)CC2)C1=O. The Hall–Kier alpha value is -3.14. The van der Waals surface area contributed by atoms with Crippen molar-refractivity contribution in [1.82, 2.24) is 20.3 Å². The highest BCUT2D eigenvalue weighted by molar-refractivity contribution is 6.44. The van der Waals surface area contributed by atoms with Gasteiger partial charge in [-0.25, -0.2) is 4.79 Å². The Morgan fingerprint density at radius 1 is 1.23 bits per heavy atom. The molecule has 3 heterocycles. The molecule has 10 nitrogen and oxygen atoms in total. The smallest absolute Gasteiger partial charge is 0.333 e. The summed E-state index contributed by atoms with van der Waals surface area (Å²) in [7, 11) is 1.27. The first-order valence-electron chi connectivity index (χ1n) is 10.1. The summed E-state index contributed by atoms with van der Waals surface area (Å²) in [5.41, 5.74) is 0.669. The topological polar surface area (TPSA) is 116 Å². The van der Waals surface area contributed by atoms with Gasteiger partial charge in [-0.15, -0.1) is 0 Å². The molecule has 0 bridgehead atoms. The van der Waals surface area contributed by atoms with Gasteiger partial charge in [-0.05, 0) is 37.5 Å². The third kappa shape index (κ3) is 4.07. The van der Waals surface area contributed by atoms with Gasteiger partial charge in [0.25, 0.3) is 0 Å². The lowest BCUT2D eigenvalue weighted by molar-refractivity contribution is -0.142. The van der Waals surface area contributed by atoms with E-state index in [1.165, 1.54) is 7.05 Å². The molecule has 5 amide bonds. The van der Waals surface area contributed by atoms with Crippen LogP contribution in [0.5, 0.6) is 0 Å². The zero-order chi connectivity index (χ0) is 22.1. The van der Waals surface area contributed by atoms with E-state index in [0.717, 1.165) is 21.0 Å². The summed E-state index contributed by atoms with van der Waals surface area (Å²) >= 11 is 6.08. The summed E-state index contributed by atoms with van der Waals surface area (Å²) in [4.78, 5) is 51.3. The number of benzene rings is 1. The molecule has 0 saturated carbocycles. The minimum atomic E-state index is -0.831. The van der Waals surface area contributed by atoms with Crippen molar-refractivity contribution < 1.29 is 23.7 Å². The number of hydrogen-bond acceptors (Lipinski definition) is 7. The van der Waals surface area contributed by atoms with Crippen LogP contribution in [0.1, 0.15) is 19.3 Å². The lowest BCUT2D eigenvalue weighted by Crippen LogP contribution is -2.41. The molecule has 0 atom stereocenters. The summed E-state index contributed by atoms with van der Waals surface area (Å²) in [6.07, 6.45) is 1.72. The molecule has 4 rings (SSSR count). The lowest BCUT2D eigenvalue weighted by atomic mass is 9.95. The highest BCUT2D eigenvalue weighted by Gasteiger charge is 2.41. The molecule has 2 aliphatic rings. The summed E-state index contributed by atoms with van der Waals surface area (Å²) < 4.78 is 5.36. The fourth-order valence-electron chi connectivity index (χ4n) is 3.88. The van der Waals surface area contributed by atoms with Gasteiger partial charge >= 0.3 is 17.8 Å². The molecule has 0 aliphatic carbocycles. The summed E-state index contributed by atoms with van der Waals surface area (Å²) in [6.45, 7) is 1.74. The number of carbonyl (C=O) groups excluding carboxylic acids is 4. The Bertz CT molecular complexity index is 1050. The molecule has 2 saturated heterocycles. The Kier molecular flexibility index (Phi) is 5.81. The average molecular weight is 448 g/mol. The van der Waals surface area contributed by atoms with Gasteiger partial charge in [0.2, 0.25) is 5.91 Å². The molecule has 0 radical (unpaired) electrons. The Balaban J connectivity index is 1.23. The Morgan fingerprint density at radius 2 is 1.97 bits per heavy atom. The zero-order valence-electron chi connectivity index (χ0n) is 17.0. The van der Waals surface area contributed by atoms with Gasteiger partial charge in [0.15, 0.2) is 11.4 Å². The van der Waals surface area contributed by atoms with E-state index in [1.54, 1.807) is 12.1 Å². The Morgan fingerprint density at radius 3 is 2.65 bits per heavy atom. The maximum absolute atomic E-state index is 12.5. The van der Waals surface area contributed by atoms with Crippen LogP contribution in [0.4, 0.5) is 10.6 Å². The maximum Gasteiger partial charge on any atom is 0.333 e. The summed E-state index contributed by atoms with van der Waals surface area (Å²) in [5, 5.41) is 8.48. The first-order chi connectivity index (χ1) is 14.9. The number of likely N-dealkylation sites (N-methyl/N-ethyl adjacent to an activating group) is 1. The largest absolute Gasteiger partial charge is 0.356 e. The van der Waals surface area contributed by atoms with Gasteiger partial charge in [0.05, 0.1) is 5.39 Å². The minimum absolute atomic E-state index is 0.0556. The van der Waals surface area contributed by atoms with Crippen molar-refractivity contribution in [2.24, 2.45) is 5.92 Å². The van der Waals surface area contributed by atoms with Crippen LogP contribution in [-0.2, 0) is 14.4 Å². The maximum atomic E-state index is 12.5. The van der Waals surface area contributed by atoms with Crippen molar-refractivity contribution in [3.63, 3.8) is 0 Å². The van der Waals surface area contributed by atoms with Gasteiger partial charge in [0.1, 0.15) is 0 Å². The molecule has 31 heavy (non-hydrogen) atoms. The molecule has 2 fully saturated rings. The molecule has 1 N–H and O–H groups in total. The lowest BCUT2D eigenvalue weighted by Gasteiger charge is -2.31. The third-order valence-corrected chi connectivity index (χ3v) is 5.92. The number of fused-ring (bicyclic) bond motifs is 1. The van der Waals surface area contributed by atoms with Gasteiger partial charge in [-0.2, -0.15) is 0 Å². The van der Waals surface area contributed by atoms with Gasteiger partial charge < -0.3 is 14.7 Å². The first kappa shape index (κ1) is 21.1. The van der Waals surface area contributed by atoms with Crippen molar-refractivity contribution in [3.8, 4) is 0 Å². The van der Waals surface area contributed by atoms with E-state index in [9.17, 15) is 19.2 Å². The standard InChI is InChI=1S/C20H22ClN5O5/c1-24-18(28)19(29)26(20(24)30)8-2-7-22-17(27)12-5-9-25(10-6-12)16-14-11-13(21)3-4-15(14)31-23-16/h3-4,11-12H,2,5-10H2,1H3,(H,22,27). The monoisotopic (exact) mass is 447 g/mol. The first-order valence-corrected chi connectivity index (χ1v) is 10.5. The number of nitrogens with one attached hydrogen (secondary N) is 1. The van der Waals surface area contributed by atoms with E-state index >= 15 is 0 Å². The molecule has 1 aromatic heterocycles. The van der Waals surface area contributed by atoms with Crippen molar-refractivity contribution in [2.45, 2.75) is 19.3 Å². The quantitative estimate of drug-likeness (QED) is 0.406. The summed E-state index contributed by atoms with van der Waals surface area (Å²) in [6, 6.07) is 4.73. The van der Waals surface area contributed by atoms with Gasteiger partial charge in [-0.3, -0.25) is 24.2 Å². The van der Waals surface area contributed by atoms with Crippen LogP contribution in [0.3, 0.4) is 0 Å². The fourth-order valence-corrected chi connectivity index (χ4v) is 4.06. The van der Waals surface area contributed by atoms with Crippen LogP contribution in [-0.4, -0.2) is 71.9 Å². The zero-order valence-corrected chi connectivity index (χ0v) is 17.7. The van der Waals surface area contributed by atoms with Crippen molar-refractivity contribution >= 4 is 52.1 Å². The van der Waals surface area contributed by atoms with Crippen LogP contribution in [0, 0.1) is 5.92 Å². The van der Waals surface area contributed by atoms with E-state index in [0.29, 0.717) is 49.5 Å². The van der Waals surface area contributed by atoms with Crippen molar-refractivity contribution in [3.05, 3.63) is 23.2 Å². The van der Waals surface area contributed by atoms with E-state index in [4.69, 9.17) is 16.1 Å². The number of anilines is 1. The van der Waals surface area contributed by atoms with Crippen LogP contribution < -0.4 is 10.2 Å². The number of nitrogens with zero attached hydrogens (tertiary/aromatic N) is 4. The molecule has 2 aliphatic heterocycles. The molecule has 11 heteroatoms. The highest BCUT2D eigenvalue weighted by atomic mass is 35.5. The number of aromatic nitrogens is 1. The minimum Gasteiger partial charge on any atom is -0.356 e. The molecular weight excluding hydrogens is 426 g/mol. The molecule has 2 aromatic rings. The predicted octanol–water partition coefficient (Wildman–Crippen LogP) is 1.62. The van der Waals surface area contributed by atoms with E-state index < -0.39 is 17.8 Å². The predicted molar refractivity (Wildman–Crippen MR) is 111 cm³/mol. The number of urea groups is 1. The number of halogens is 1. The number of hydrogen-bond donors (Lipinski definition) is 1. The van der Waals surface area contributed by atoms with E-state index in [1.807, 2.05) is 6.07 Å². The highest BCUT2D eigenvalue weighted by Crippen LogP contribution is 2.31. The number of amides is 5. The third-order valence-electron chi connectivity index (χ3n) is 5.69. The summed E-state index contributed by atoms with van der Waals surface area (Å²) in [5.74, 6) is -1.10. The molecular formula is C20H22ClN5O5. The molecule has 1 aromatic carbocycles. The number of rotatable bonds is 6. The normalized spacial score (nSPS) is 17.9. The van der Waals surface area contributed by atoms with Crippen molar-refractivity contribution in [1.29, 1.82) is 0 Å². The van der Waals surface area contributed by atoms with Crippen LogP contribution in [0.25, 0.3) is 11.0 Å². The number of imide groups is 2. The van der Waals surface area contributed by atoms with Crippen LogP contribution in [0.2, 0.25) is 5.02 Å².